The standard InChI is InChI=1S/C18H21NO3/c1-11-7-13-5-6-19-15(14(13)10-17(11)21)8-12-3-4-16(20)18(9-12)22-2/h3-4,7,9-10,15,19-21H,5-6,8H2,1-2H3. The van der Waals surface area contributed by atoms with Crippen LogP contribution in [-0.4, -0.2) is 23.9 Å². The van der Waals surface area contributed by atoms with Gasteiger partial charge in [0, 0.05) is 6.04 Å². The van der Waals surface area contributed by atoms with E-state index in [4.69, 9.17) is 4.74 Å². The average Bonchev–Trinajstić information content (AvgIpc) is 2.51. The van der Waals surface area contributed by atoms with Crippen LogP contribution in [0.5, 0.6) is 17.2 Å². The summed E-state index contributed by atoms with van der Waals surface area (Å²) in [7, 11) is 1.55. The molecule has 0 amide bonds. The molecule has 1 unspecified atom stereocenters. The molecule has 4 heteroatoms. The minimum Gasteiger partial charge on any atom is -0.508 e. The number of phenols is 2. The molecule has 0 fully saturated rings. The van der Waals surface area contributed by atoms with Gasteiger partial charge in [-0.2, -0.15) is 0 Å². The summed E-state index contributed by atoms with van der Waals surface area (Å²) in [5.41, 5.74) is 4.46. The van der Waals surface area contributed by atoms with E-state index in [9.17, 15) is 10.2 Å². The molecular formula is C18H21NO3. The molecule has 0 saturated carbocycles. The van der Waals surface area contributed by atoms with Crippen LogP contribution in [0.4, 0.5) is 0 Å². The summed E-state index contributed by atoms with van der Waals surface area (Å²) in [4.78, 5) is 0. The smallest absolute Gasteiger partial charge is 0.160 e. The number of hydrogen-bond acceptors (Lipinski definition) is 4. The molecule has 116 valence electrons. The molecule has 2 aromatic carbocycles. The van der Waals surface area contributed by atoms with Crippen LogP contribution in [0, 0.1) is 6.92 Å². The maximum atomic E-state index is 10.00. The van der Waals surface area contributed by atoms with Crippen molar-refractivity contribution in [3.05, 3.63) is 52.6 Å². The second kappa shape index (κ2) is 5.89. The molecule has 1 aliphatic heterocycles. The van der Waals surface area contributed by atoms with Gasteiger partial charge in [0.2, 0.25) is 0 Å². The maximum absolute atomic E-state index is 10.00. The van der Waals surface area contributed by atoms with Crippen LogP contribution in [0.2, 0.25) is 0 Å². The van der Waals surface area contributed by atoms with Crippen molar-refractivity contribution in [2.45, 2.75) is 25.8 Å². The van der Waals surface area contributed by atoms with E-state index in [1.54, 1.807) is 13.2 Å². The fourth-order valence-corrected chi connectivity index (χ4v) is 3.07. The predicted octanol–water partition coefficient (Wildman–Crippen LogP) is 2.84. The van der Waals surface area contributed by atoms with Crippen molar-refractivity contribution in [3.8, 4) is 17.2 Å². The van der Waals surface area contributed by atoms with Gasteiger partial charge in [-0.1, -0.05) is 12.1 Å². The van der Waals surface area contributed by atoms with Gasteiger partial charge in [0.15, 0.2) is 11.5 Å². The highest BCUT2D eigenvalue weighted by Gasteiger charge is 2.21. The Morgan fingerprint density at radius 2 is 2.00 bits per heavy atom. The first kappa shape index (κ1) is 14.7. The lowest BCUT2D eigenvalue weighted by Gasteiger charge is -2.28. The Bertz CT molecular complexity index is 697. The molecule has 0 aliphatic carbocycles. The zero-order valence-corrected chi connectivity index (χ0v) is 12.9. The van der Waals surface area contributed by atoms with E-state index in [-0.39, 0.29) is 11.8 Å². The molecule has 1 atom stereocenters. The van der Waals surface area contributed by atoms with Gasteiger partial charge in [0.05, 0.1) is 7.11 Å². The Labute approximate surface area is 130 Å². The van der Waals surface area contributed by atoms with Gasteiger partial charge < -0.3 is 20.3 Å². The third-order valence-electron chi connectivity index (χ3n) is 4.30. The van der Waals surface area contributed by atoms with E-state index in [0.717, 1.165) is 36.1 Å². The van der Waals surface area contributed by atoms with Crippen molar-refractivity contribution in [2.24, 2.45) is 0 Å². The molecule has 1 heterocycles. The number of benzene rings is 2. The molecule has 2 aromatic rings. The molecule has 0 saturated heterocycles. The molecule has 3 rings (SSSR count). The Hall–Kier alpha value is -2.20. The summed E-state index contributed by atoms with van der Waals surface area (Å²) in [6.45, 7) is 2.86. The normalized spacial score (nSPS) is 17.1. The van der Waals surface area contributed by atoms with Crippen molar-refractivity contribution < 1.29 is 14.9 Å². The molecule has 0 bridgehead atoms. The van der Waals surface area contributed by atoms with E-state index in [1.165, 1.54) is 5.56 Å². The summed E-state index contributed by atoms with van der Waals surface area (Å²) in [6.07, 6.45) is 1.76. The number of hydrogen-bond donors (Lipinski definition) is 3. The first-order valence-corrected chi connectivity index (χ1v) is 7.50. The topological polar surface area (TPSA) is 61.7 Å². The minimum atomic E-state index is 0.150. The number of rotatable bonds is 3. The number of aromatic hydroxyl groups is 2. The Morgan fingerprint density at radius 1 is 1.18 bits per heavy atom. The maximum Gasteiger partial charge on any atom is 0.160 e. The minimum absolute atomic E-state index is 0.150. The van der Waals surface area contributed by atoms with Crippen LogP contribution in [0.25, 0.3) is 0 Å². The van der Waals surface area contributed by atoms with Gasteiger partial charge >= 0.3 is 0 Å². The van der Waals surface area contributed by atoms with Gasteiger partial charge in [-0.15, -0.1) is 0 Å². The fourth-order valence-electron chi connectivity index (χ4n) is 3.07. The molecule has 0 aromatic heterocycles. The number of nitrogens with one attached hydrogen (secondary N) is 1. The van der Waals surface area contributed by atoms with Crippen LogP contribution in [0.15, 0.2) is 30.3 Å². The van der Waals surface area contributed by atoms with E-state index in [0.29, 0.717) is 11.5 Å². The monoisotopic (exact) mass is 299 g/mol. The van der Waals surface area contributed by atoms with E-state index in [2.05, 4.69) is 11.4 Å². The lowest BCUT2D eigenvalue weighted by molar-refractivity contribution is 0.372. The van der Waals surface area contributed by atoms with Crippen molar-refractivity contribution in [2.75, 3.05) is 13.7 Å². The predicted molar refractivity (Wildman–Crippen MR) is 85.7 cm³/mol. The second-order valence-electron chi connectivity index (χ2n) is 5.80. The highest BCUT2D eigenvalue weighted by Crippen LogP contribution is 2.33. The highest BCUT2D eigenvalue weighted by molar-refractivity contribution is 5.46. The van der Waals surface area contributed by atoms with Crippen molar-refractivity contribution in [3.63, 3.8) is 0 Å². The first-order chi connectivity index (χ1) is 10.6. The number of phenolic OH excluding ortho intramolecular Hbond substituents is 2. The lowest BCUT2D eigenvalue weighted by atomic mass is 9.89. The SMILES string of the molecule is COc1cc(CC2NCCc3cc(C)c(O)cc32)ccc1O. The van der Waals surface area contributed by atoms with Crippen molar-refractivity contribution in [1.82, 2.24) is 5.32 Å². The molecule has 4 nitrogen and oxygen atoms in total. The highest BCUT2D eigenvalue weighted by atomic mass is 16.5. The number of ether oxygens (including phenoxy) is 1. The largest absolute Gasteiger partial charge is 0.508 e. The molecule has 0 radical (unpaired) electrons. The zero-order chi connectivity index (χ0) is 15.7. The molecule has 1 aliphatic rings. The van der Waals surface area contributed by atoms with Crippen molar-refractivity contribution in [1.29, 1.82) is 0 Å². The number of aryl methyl sites for hydroxylation is 1. The molecule has 3 N–H and O–H groups in total. The number of fused-ring (bicyclic) bond motifs is 1. The van der Waals surface area contributed by atoms with Crippen LogP contribution >= 0.6 is 0 Å². The van der Waals surface area contributed by atoms with Crippen LogP contribution in [-0.2, 0) is 12.8 Å². The summed E-state index contributed by atoms with van der Waals surface area (Å²) >= 11 is 0. The Balaban J connectivity index is 1.90. The van der Waals surface area contributed by atoms with Gasteiger partial charge in [-0.3, -0.25) is 0 Å². The third kappa shape index (κ3) is 2.74. The molecular weight excluding hydrogens is 278 g/mol. The Morgan fingerprint density at radius 3 is 2.77 bits per heavy atom. The lowest BCUT2D eigenvalue weighted by Crippen LogP contribution is -2.31. The third-order valence-corrected chi connectivity index (χ3v) is 4.30. The summed E-state index contributed by atoms with van der Waals surface area (Å²) < 4.78 is 5.17. The van der Waals surface area contributed by atoms with Crippen LogP contribution < -0.4 is 10.1 Å². The first-order valence-electron chi connectivity index (χ1n) is 7.50. The Kier molecular flexibility index (Phi) is 3.94. The average molecular weight is 299 g/mol. The zero-order valence-electron chi connectivity index (χ0n) is 12.9. The summed E-state index contributed by atoms with van der Waals surface area (Å²) in [5, 5.41) is 23.2. The van der Waals surface area contributed by atoms with E-state index < -0.39 is 0 Å². The van der Waals surface area contributed by atoms with Gasteiger partial charge in [0.25, 0.3) is 0 Å². The number of methoxy groups -OCH3 is 1. The quantitative estimate of drug-likeness (QED) is 0.815. The van der Waals surface area contributed by atoms with Gasteiger partial charge in [0.1, 0.15) is 5.75 Å². The van der Waals surface area contributed by atoms with Gasteiger partial charge in [-0.25, -0.2) is 0 Å². The van der Waals surface area contributed by atoms with E-state index in [1.807, 2.05) is 25.1 Å². The fraction of sp³-hybridized carbons (Fsp3) is 0.333. The van der Waals surface area contributed by atoms with Crippen LogP contribution in [0.1, 0.15) is 28.3 Å². The molecule has 22 heavy (non-hydrogen) atoms. The van der Waals surface area contributed by atoms with Gasteiger partial charge in [-0.05, 0) is 66.8 Å². The second-order valence-corrected chi connectivity index (χ2v) is 5.80. The molecule has 0 spiro atoms. The van der Waals surface area contributed by atoms with E-state index >= 15 is 0 Å². The van der Waals surface area contributed by atoms with Crippen molar-refractivity contribution >= 4 is 0 Å². The van der Waals surface area contributed by atoms with Crippen LogP contribution in [0.3, 0.4) is 0 Å². The summed E-state index contributed by atoms with van der Waals surface area (Å²) in [5.74, 6) is 0.979. The summed E-state index contributed by atoms with van der Waals surface area (Å²) in [6, 6.07) is 9.53.